The Balaban J connectivity index is 1.27. The lowest BCUT2D eigenvalue weighted by Gasteiger charge is -2.64. The topological polar surface area (TPSA) is 151 Å². The van der Waals surface area contributed by atoms with E-state index in [9.17, 15) is 14.4 Å². The minimum absolute atomic E-state index is 0.00196. The smallest absolute Gasteiger partial charge is 0.333 e. The predicted molar refractivity (Wildman–Crippen MR) is 244 cm³/mol. The van der Waals surface area contributed by atoms with Crippen LogP contribution in [0.25, 0.3) is 6.08 Å². The number of imidazole rings is 1. The molecule has 7 atom stereocenters. The number of carbonyl (C=O) groups excluding carboxylic acids is 4. The van der Waals surface area contributed by atoms with E-state index in [1.807, 2.05) is 62.6 Å². The zero-order valence-electron chi connectivity index (χ0n) is 39.5. The number of ketones is 1. The fourth-order valence-electron chi connectivity index (χ4n) is 11.8. The molecule has 1 aromatic heterocycles. The third-order valence-corrected chi connectivity index (χ3v) is 15.0. The largest absolute Gasteiger partial charge is 0.482 e. The quantitative estimate of drug-likeness (QED) is 0.0905. The number of ether oxygens (including phenoxy) is 5. The van der Waals surface area contributed by atoms with Gasteiger partial charge < -0.3 is 38.1 Å². The minimum Gasteiger partial charge on any atom is -0.482 e. The maximum absolute atomic E-state index is 15.6. The average molecular weight is 890 g/mol. The van der Waals surface area contributed by atoms with Crippen LogP contribution in [-0.4, -0.2) is 111 Å². The van der Waals surface area contributed by atoms with Crippen LogP contribution in [0.5, 0.6) is 17.2 Å². The molecule has 1 aromatic carbocycles. The molecule has 14 heteroatoms. The number of nitrogens with zero attached hydrogens (tertiary/aromatic N) is 5. The van der Waals surface area contributed by atoms with Gasteiger partial charge in [0, 0.05) is 74.4 Å². The molecule has 1 amide bonds. The second kappa shape index (κ2) is 16.2. The van der Waals surface area contributed by atoms with Crippen LogP contribution >= 0.6 is 0 Å². The number of piperazine rings is 1. The van der Waals surface area contributed by atoms with Crippen LogP contribution in [0.2, 0.25) is 0 Å². The van der Waals surface area contributed by atoms with Crippen molar-refractivity contribution in [3.63, 3.8) is 0 Å². The van der Waals surface area contributed by atoms with Crippen LogP contribution in [-0.2, 0) is 35.1 Å². The molecule has 8 aliphatic rings. The Morgan fingerprint density at radius 3 is 2.40 bits per heavy atom. The number of hydrogen-bond donors (Lipinski definition) is 0. The van der Waals surface area contributed by atoms with Crippen LogP contribution in [0.4, 0.5) is 5.95 Å². The predicted octanol–water partition coefficient (Wildman–Crippen LogP) is 7.46. The van der Waals surface area contributed by atoms with Gasteiger partial charge in [-0.3, -0.25) is 14.4 Å². The lowest BCUT2D eigenvalue weighted by Crippen LogP contribution is -2.79. The maximum atomic E-state index is 15.6. The number of allylic oxidation sites excluding steroid dienone is 4. The van der Waals surface area contributed by atoms with E-state index in [-0.39, 0.29) is 42.6 Å². The van der Waals surface area contributed by atoms with Crippen LogP contribution < -0.4 is 14.2 Å². The van der Waals surface area contributed by atoms with E-state index in [1.54, 1.807) is 19.2 Å². The van der Waals surface area contributed by atoms with Crippen LogP contribution in [0.3, 0.4) is 0 Å². The van der Waals surface area contributed by atoms with Gasteiger partial charge in [0.25, 0.3) is 0 Å². The van der Waals surface area contributed by atoms with Gasteiger partial charge >= 0.3 is 11.9 Å². The normalized spacial score (nSPS) is 29.9. The SMILES string of the molecule is COC(=O)C(C)=CCC12OC(C)(C)C3CC(C1=O)C1C4C(=Nc5nccn51)c1c(OC(=O)CCC(=O)N5CCN(C)CC5)c5c(c(CC=C(C)C)c1OC432)OC(C)(CCC=C(C)C)C=C5. The molecule has 5 fully saturated rings. The molecule has 1 spiro atoms. The summed E-state index contributed by atoms with van der Waals surface area (Å²) < 4.78 is 35.9. The maximum Gasteiger partial charge on any atom is 0.333 e. The van der Waals surface area contributed by atoms with Gasteiger partial charge in [-0.2, -0.15) is 0 Å². The van der Waals surface area contributed by atoms with Crippen molar-refractivity contribution in [3.05, 3.63) is 70.1 Å². The molecule has 6 heterocycles. The van der Waals surface area contributed by atoms with Crippen LogP contribution in [0.1, 0.15) is 117 Å². The Morgan fingerprint density at radius 1 is 0.954 bits per heavy atom. The molecule has 65 heavy (non-hydrogen) atoms. The first-order valence-corrected chi connectivity index (χ1v) is 23.2. The van der Waals surface area contributed by atoms with Gasteiger partial charge in [0.1, 0.15) is 17.1 Å². The summed E-state index contributed by atoms with van der Waals surface area (Å²) in [6, 6.07) is -0.444. The molecule has 4 bridgehead atoms. The number of aromatic nitrogens is 2. The fourth-order valence-corrected chi connectivity index (χ4v) is 11.8. The lowest BCUT2D eigenvalue weighted by molar-refractivity contribution is -0.206. The number of carbonyl (C=O) groups is 4. The van der Waals surface area contributed by atoms with E-state index < -0.39 is 52.2 Å². The van der Waals surface area contributed by atoms with E-state index in [0.29, 0.717) is 72.2 Å². The van der Waals surface area contributed by atoms with Gasteiger partial charge in [-0.05, 0) is 100 Å². The fraction of sp³-hybridized carbons (Fsp3) is 0.569. The summed E-state index contributed by atoms with van der Waals surface area (Å²) in [5, 5.41) is 0. The zero-order chi connectivity index (χ0) is 46.4. The van der Waals surface area contributed by atoms with Crippen molar-refractivity contribution < 1.29 is 42.9 Å². The summed E-state index contributed by atoms with van der Waals surface area (Å²) in [6.45, 7) is 18.8. The van der Waals surface area contributed by atoms with E-state index in [0.717, 1.165) is 30.6 Å². The Morgan fingerprint density at radius 2 is 1.69 bits per heavy atom. The Kier molecular flexibility index (Phi) is 11.2. The van der Waals surface area contributed by atoms with Crippen molar-refractivity contribution in [3.8, 4) is 17.2 Å². The monoisotopic (exact) mass is 889 g/mol. The molecule has 14 nitrogen and oxygen atoms in total. The second-order valence-electron chi connectivity index (χ2n) is 20.3. The average Bonchev–Trinajstić information content (AvgIpc) is 3.79. The molecule has 7 unspecified atom stereocenters. The molecule has 0 N–H and O–H groups in total. The number of likely N-dealkylation sites (N-methyl/N-ethyl adjacent to an activating group) is 1. The zero-order valence-corrected chi connectivity index (χ0v) is 39.5. The van der Waals surface area contributed by atoms with E-state index >= 15 is 4.79 Å². The molecule has 2 aromatic rings. The van der Waals surface area contributed by atoms with Gasteiger partial charge in [-0.1, -0.05) is 29.4 Å². The van der Waals surface area contributed by atoms with Gasteiger partial charge in [-0.15, -0.1) is 0 Å². The number of benzene rings is 1. The molecule has 0 radical (unpaired) electrons. The number of hydrogen-bond acceptors (Lipinski definition) is 12. The molecule has 346 valence electrons. The first-order chi connectivity index (χ1) is 30.8. The number of esters is 2. The first-order valence-electron chi connectivity index (χ1n) is 23.2. The lowest BCUT2D eigenvalue weighted by atomic mass is 9.44. The highest BCUT2D eigenvalue weighted by molar-refractivity contribution is 6.14. The van der Waals surface area contributed by atoms with Crippen molar-refractivity contribution in [2.75, 3.05) is 40.3 Å². The Bertz CT molecular complexity index is 2510. The highest BCUT2D eigenvalue weighted by Gasteiger charge is 2.85. The molecule has 5 aliphatic heterocycles. The van der Waals surface area contributed by atoms with Crippen LogP contribution in [0, 0.1) is 17.8 Å². The van der Waals surface area contributed by atoms with Crippen molar-refractivity contribution in [1.29, 1.82) is 0 Å². The number of rotatable bonds is 12. The van der Waals surface area contributed by atoms with Gasteiger partial charge in [-0.25, -0.2) is 14.8 Å². The standard InChI is InChI=1S/C51H63N5O9/c1-29(2)12-11-19-49(8)20-18-33-42(63-49)32(14-13-30(3)4)44-38(43(33)62-37(58)16-15-36(57)55-26-24-54(9)25-27-55)40-39-41(56-23-22-52-47(56)53-40)34-28-35-48(6,7)65-50(45(34)59,51(35,39)64-44)21-17-31(5)46(60)61-10/h12-13,17-18,20,22-23,34-35,39,41H,11,14-16,19,21,24-28H2,1-10H3. The number of fused-ring (bicyclic) bond motifs is 4. The highest BCUT2D eigenvalue weighted by Crippen LogP contribution is 2.73. The molecular formula is C51H63N5O9. The Hall–Kier alpha value is -5.34. The highest BCUT2D eigenvalue weighted by atomic mass is 16.6. The van der Waals surface area contributed by atoms with E-state index in [1.165, 1.54) is 12.7 Å². The summed E-state index contributed by atoms with van der Waals surface area (Å²) in [6.07, 6.45) is 15.9. The summed E-state index contributed by atoms with van der Waals surface area (Å²) in [4.78, 5) is 70.2. The first kappa shape index (κ1) is 44.8. The summed E-state index contributed by atoms with van der Waals surface area (Å²) in [5.41, 5.74) is 0.588. The molecule has 10 rings (SSSR count). The summed E-state index contributed by atoms with van der Waals surface area (Å²) in [5.74, 6) is -1.04. The molecule has 2 saturated heterocycles. The van der Waals surface area contributed by atoms with Crippen molar-refractivity contribution >= 4 is 41.4 Å². The van der Waals surface area contributed by atoms with Crippen molar-refractivity contribution in [1.82, 2.24) is 19.4 Å². The minimum atomic E-state index is -1.54. The number of amides is 1. The number of aliphatic imine (C=N–C) groups is 1. The van der Waals surface area contributed by atoms with Crippen molar-refractivity contribution in [2.45, 2.75) is 129 Å². The van der Waals surface area contributed by atoms with E-state index in [4.69, 9.17) is 33.7 Å². The summed E-state index contributed by atoms with van der Waals surface area (Å²) >= 11 is 0. The molecule has 3 aliphatic carbocycles. The van der Waals surface area contributed by atoms with Gasteiger partial charge in [0.2, 0.25) is 11.9 Å². The third-order valence-electron chi connectivity index (χ3n) is 15.0. The number of Topliss-reactive ketones (excluding diaryl/α,β-unsaturated/α-hetero) is 1. The van der Waals surface area contributed by atoms with Gasteiger partial charge in [0.05, 0.1) is 47.9 Å². The van der Waals surface area contributed by atoms with E-state index in [2.05, 4.69) is 37.8 Å². The van der Waals surface area contributed by atoms with Gasteiger partial charge in [0.15, 0.2) is 22.7 Å². The Labute approximate surface area is 381 Å². The van der Waals surface area contributed by atoms with Crippen LogP contribution in [0.15, 0.2) is 58.4 Å². The third kappa shape index (κ3) is 7.12. The van der Waals surface area contributed by atoms with Crippen molar-refractivity contribution in [2.24, 2.45) is 22.7 Å². The molecular weight excluding hydrogens is 827 g/mol. The second-order valence-corrected chi connectivity index (χ2v) is 20.3. The summed E-state index contributed by atoms with van der Waals surface area (Å²) in [7, 11) is 3.37. The molecule has 3 saturated carbocycles. The number of methoxy groups -OCH3 is 1.